The van der Waals surface area contributed by atoms with Crippen LogP contribution >= 0.6 is 0 Å². The smallest absolute Gasteiger partial charge is 0.270 e. The molecule has 0 fully saturated rings. The average molecular weight is 306 g/mol. The van der Waals surface area contributed by atoms with E-state index in [1.165, 1.54) is 18.2 Å². The Morgan fingerprint density at radius 1 is 1.45 bits per heavy atom. The molecule has 1 N–H and O–H groups in total. The molecule has 0 spiro atoms. The minimum Gasteiger partial charge on any atom is -0.381 e. The number of nitro groups is 1. The molecule has 1 amide bonds. The maximum Gasteiger partial charge on any atom is 0.270 e. The number of hydrogen-bond donors (Lipinski definition) is 1. The van der Waals surface area contributed by atoms with Gasteiger partial charge in [-0.2, -0.15) is 0 Å². The van der Waals surface area contributed by atoms with Gasteiger partial charge in [-0.15, -0.1) is 0 Å². The molecule has 0 aliphatic carbocycles. The highest BCUT2D eigenvalue weighted by Crippen LogP contribution is 2.13. The average Bonchev–Trinajstić information content (AvgIpc) is 2.48. The van der Waals surface area contributed by atoms with E-state index in [9.17, 15) is 14.9 Å². The summed E-state index contributed by atoms with van der Waals surface area (Å²) in [5.41, 5.74) is 0.620. The van der Waals surface area contributed by atoms with Gasteiger partial charge in [-0.05, 0) is 24.0 Å². The predicted molar refractivity (Wildman–Crippen MR) is 85.4 cm³/mol. The van der Waals surface area contributed by atoms with Crippen molar-refractivity contribution in [1.82, 2.24) is 5.32 Å². The first-order valence-electron chi connectivity index (χ1n) is 7.27. The van der Waals surface area contributed by atoms with E-state index in [1.807, 2.05) is 0 Å². The Morgan fingerprint density at radius 2 is 2.23 bits per heavy atom. The highest BCUT2D eigenvalue weighted by atomic mass is 16.6. The van der Waals surface area contributed by atoms with E-state index in [-0.39, 0.29) is 11.6 Å². The Bertz CT molecular complexity index is 527. The number of carbonyl (C=O) groups is 1. The lowest BCUT2D eigenvalue weighted by Gasteiger charge is -2.06. The largest absolute Gasteiger partial charge is 0.381 e. The Hall–Kier alpha value is -2.21. The second-order valence-electron chi connectivity index (χ2n) is 5.30. The standard InChI is InChI=1S/C16H22N2O4/c1-13(2)12-22-10-4-9-17-16(19)8-7-14-5-3-6-15(11-14)18(20)21/h3,5-8,11,13H,4,9-10,12H2,1-2H3,(H,17,19)/b8-7+. The van der Waals surface area contributed by atoms with Gasteiger partial charge >= 0.3 is 0 Å². The van der Waals surface area contributed by atoms with Crippen LogP contribution < -0.4 is 5.32 Å². The Kier molecular flexibility index (Phi) is 7.85. The van der Waals surface area contributed by atoms with Crippen LogP contribution in [0.25, 0.3) is 6.08 Å². The van der Waals surface area contributed by atoms with Gasteiger partial charge < -0.3 is 10.1 Å². The zero-order valence-electron chi connectivity index (χ0n) is 13.0. The van der Waals surface area contributed by atoms with Gasteiger partial charge in [-0.3, -0.25) is 14.9 Å². The van der Waals surface area contributed by atoms with Gasteiger partial charge in [0.05, 0.1) is 4.92 Å². The highest BCUT2D eigenvalue weighted by molar-refractivity contribution is 5.91. The molecule has 120 valence electrons. The summed E-state index contributed by atoms with van der Waals surface area (Å²) in [6, 6.07) is 6.12. The number of nitro benzene ring substituents is 1. The number of rotatable bonds is 9. The Labute approximate surface area is 130 Å². The molecule has 1 rings (SSSR count). The third-order valence-corrected chi connectivity index (χ3v) is 2.72. The van der Waals surface area contributed by atoms with E-state index < -0.39 is 4.92 Å². The van der Waals surface area contributed by atoms with E-state index >= 15 is 0 Å². The molecular formula is C16H22N2O4. The summed E-state index contributed by atoms with van der Waals surface area (Å²) in [6.45, 7) is 6.05. The number of ether oxygens (including phenoxy) is 1. The number of non-ortho nitro benzene ring substituents is 1. The van der Waals surface area contributed by atoms with Crippen LogP contribution in [0, 0.1) is 16.0 Å². The third kappa shape index (κ3) is 7.54. The van der Waals surface area contributed by atoms with Gasteiger partial charge in [-0.1, -0.05) is 26.0 Å². The lowest BCUT2D eigenvalue weighted by molar-refractivity contribution is -0.384. The fourth-order valence-electron chi connectivity index (χ4n) is 1.68. The summed E-state index contributed by atoms with van der Waals surface area (Å²) in [4.78, 5) is 21.8. The number of nitrogens with zero attached hydrogens (tertiary/aromatic N) is 1. The molecule has 0 radical (unpaired) electrons. The summed E-state index contributed by atoms with van der Waals surface area (Å²) < 4.78 is 5.41. The van der Waals surface area contributed by atoms with Crippen LogP contribution in [-0.4, -0.2) is 30.6 Å². The van der Waals surface area contributed by atoms with Gasteiger partial charge in [0.25, 0.3) is 5.69 Å². The van der Waals surface area contributed by atoms with Crippen molar-refractivity contribution in [3.8, 4) is 0 Å². The van der Waals surface area contributed by atoms with Gasteiger partial charge in [0.1, 0.15) is 0 Å². The maximum atomic E-state index is 11.6. The lowest BCUT2D eigenvalue weighted by Crippen LogP contribution is -2.23. The van der Waals surface area contributed by atoms with Crippen molar-refractivity contribution < 1.29 is 14.5 Å². The fourth-order valence-corrected chi connectivity index (χ4v) is 1.68. The first-order valence-corrected chi connectivity index (χ1v) is 7.27. The minimum absolute atomic E-state index is 0.00450. The molecule has 0 aliphatic heterocycles. The van der Waals surface area contributed by atoms with Crippen molar-refractivity contribution in [1.29, 1.82) is 0 Å². The molecule has 0 bridgehead atoms. The lowest BCUT2D eigenvalue weighted by atomic mass is 10.2. The number of carbonyl (C=O) groups excluding carboxylic acids is 1. The van der Waals surface area contributed by atoms with Crippen molar-refractivity contribution >= 4 is 17.7 Å². The molecule has 6 nitrogen and oxygen atoms in total. The van der Waals surface area contributed by atoms with Gasteiger partial charge in [0.15, 0.2) is 0 Å². The van der Waals surface area contributed by atoms with Gasteiger partial charge in [0.2, 0.25) is 5.91 Å². The third-order valence-electron chi connectivity index (χ3n) is 2.72. The quantitative estimate of drug-likeness (QED) is 0.329. The van der Waals surface area contributed by atoms with Crippen LogP contribution in [0.2, 0.25) is 0 Å². The van der Waals surface area contributed by atoms with Gasteiger partial charge in [0, 0.05) is 38.0 Å². The molecule has 0 atom stereocenters. The monoisotopic (exact) mass is 306 g/mol. The van der Waals surface area contributed by atoms with Crippen LogP contribution in [0.15, 0.2) is 30.3 Å². The summed E-state index contributed by atoms with van der Waals surface area (Å²) in [6.07, 6.45) is 3.68. The van der Waals surface area contributed by atoms with Crippen molar-refractivity contribution in [3.63, 3.8) is 0 Å². The molecule has 0 unspecified atom stereocenters. The normalized spacial score (nSPS) is 11.0. The van der Waals surface area contributed by atoms with Crippen LogP contribution in [0.5, 0.6) is 0 Å². The van der Waals surface area contributed by atoms with Crippen LogP contribution in [-0.2, 0) is 9.53 Å². The zero-order valence-corrected chi connectivity index (χ0v) is 13.0. The first kappa shape index (κ1) is 17.8. The molecule has 0 saturated carbocycles. The highest BCUT2D eigenvalue weighted by Gasteiger charge is 2.04. The van der Waals surface area contributed by atoms with E-state index in [1.54, 1.807) is 18.2 Å². The minimum atomic E-state index is -0.464. The van der Waals surface area contributed by atoms with Crippen molar-refractivity contribution in [2.75, 3.05) is 19.8 Å². The van der Waals surface area contributed by atoms with E-state index in [2.05, 4.69) is 19.2 Å². The fraction of sp³-hybridized carbons (Fsp3) is 0.438. The first-order chi connectivity index (χ1) is 10.5. The Morgan fingerprint density at radius 3 is 2.91 bits per heavy atom. The molecular weight excluding hydrogens is 284 g/mol. The summed E-state index contributed by atoms with van der Waals surface area (Å²) in [5, 5.41) is 13.4. The maximum absolute atomic E-state index is 11.6. The summed E-state index contributed by atoms with van der Waals surface area (Å²) >= 11 is 0. The van der Waals surface area contributed by atoms with Crippen molar-refractivity contribution in [3.05, 3.63) is 46.0 Å². The molecule has 0 aliphatic rings. The van der Waals surface area contributed by atoms with E-state index in [4.69, 9.17) is 4.74 Å². The SMILES string of the molecule is CC(C)COCCCNC(=O)/C=C/c1cccc([N+](=O)[O-])c1. The zero-order chi connectivity index (χ0) is 16.4. The molecule has 0 saturated heterocycles. The second kappa shape index (κ2) is 9.68. The van der Waals surface area contributed by atoms with E-state index in [0.29, 0.717) is 24.6 Å². The Balaban J connectivity index is 2.29. The van der Waals surface area contributed by atoms with Crippen LogP contribution in [0.4, 0.5) is 5.69 Å². The van der Waals surface area contributed by atoms with Gasteiger partial charge in [-0.25, -0.2) is 0 Å². The summed E-state index contributed by atoms with van der Waals surface area (Å²) in [5.74, 6) is 0.280. The van der Waals surface area contributed by atoms with Crippen molar-refractivity contribution in [2.24, 2.45) is 5.92 Å². The van der Waals surface area contributed by atoms with Crippen molar-refractivity contribution in [2.45, 2.75) is 20.3 Å². The molecule has 6 heteroatoms. The van der Waals surface area contributed by atoms with Crippen LogP contribution in [0.3, 0.4) is 0 Å². The molecule has 0 aromatic heterocycles. The molecule has 0 heterocycles. The van der Waals surface area contributed by atoms with E-state index in [0.717, 1.165) is 13.0 Å². The molecule has 22 heavy (non-hydrogen) atoms. The number of amides is 1. The molecule has 1 aromatic rings. The molecule has 1 aromatic carbocycles. The topological polar surface area (TPSA) is 81.5 Å². The second-order valence-corrected chi connectivity index (χ2v) is 5.30. The predicted octanol–water partition coefficient (Wildman–Crippen LogP) is 2.79. The summed E-state index contributed by atoms with van der Waals surface area (Å²) in [7, 11) is 0. The number of hydrogen-bond acceptors (Lipinski definition) is 4. The van der Waals surface area contributed by atoms with Crippen LogP contribution in [0.1, 0.15) is 25.8 Å². The number of benzene rings is 1. The number of nitrogens with one attached hydrogen (secondary N) is 1.